The van der Waals surface area contributed by atoms with Gasteiger partial charge in [0.2, 0.25) is 0 Å². The third kappa shape index (κ3) is 4.13. The summed E-state index contributed by atoms with van der Waals surface area (Å²) in [4.78, 5) is 17.9. The highest BCUT2D eigenvalue weighted by Gasteiger charge is 2.12. The minimum absolute atomic E-state index is 0.439. The molecule has 3 heterocycles. The highest BCUT2D eigenvalue weighted by molar-refractivity contribution is 5.93. The fourth-order valence-electron chi connectivity index (χ4n) is 3.47. The number of rotatable bonds is 5. The predicted molar refractivity (Wildman–Crippen MR) is 120 cm³/mol. The van der Waals surface area contributed by atoms with Crippen LogP contribution in [0.25, 0.3) is 33.4 Å². The molecule has 0 radical (unpaired) electrons. The van der Waals surface area contributed by atoms with E-state index in [1.165, 1.54) is 12.1 Å². The van der Waals surface area contributed by atoms with Gasteiger partial charge in [-0.1, -0.05) is 12.1 Å². The monoisotopic (exact) mass is 425 g/mol. The van der Waals surface area contributed by atoms with Crippen LogP contribution in [-0.4, -0.2) is 19.9 Å². The largest absolute Gasteiger partial charge is 0.364 e. The smallest absolute Gasteiger partial charge is 0.163 e. The lowest BCUT2D eigenvalue weighted by Crippen LogP contribution is -2.05. The Bertz CT molecular complexity index is 1370. The SMILES string of the molecule is Fc1cc(F)cc(-c2ccc3c(NCc4ccccn4)nc(-c4cccnc4)nc3c2)c1. The van der Waals surface area contributed by atoms with E-state index in [9.17, 15) is 8.78 Å². The third-order valence-electron chi connectivity index (χ3n) is 4.98. The van der Waals surface area contributed by atoms with Gasteiger partial charge >= 0.3 is 0 Å². The number of hydrogen-bond acceptors (Lipinski definition) is 5. The van der Waals surface area contributed by atoms with Crippen LogP contribution in [0, 0.1) is 11.6 Å². The summed E-state index contributed by atoms with van der Waals surface area (Å²) in [7, 11) is 0. The fourth-order valence-corrected chi connectivity index (χ4v) is 3.47. The van der Waals surface area contributed by atoms with E-state index in [4.69, 9.17) is 9.97 Å². The van der Waals surface area contributed by atoms with Crippen molar-refractivity contribution in [2.75, 3.05) is 5.32 Å². The molecule has 0 saturated heterocycles. The number of benzene rings is 2. The summed E-state index contributed by atoms with van der Waals surface area (Å²) in [6.07, 6.45) is 5.11. The number of nitrogens with zero attached hydrogens (tertiary/aromatic N) is 4. The number of pyridine rings is 2. The van der Waals surface area contributed by atoms with Gasteiger partial charge in [-0.2, -0.15) is 0 Å². The predicted octanol–water partition coefficient (Wildman–Crippen LogP) is 5.64. The minimum Gasteiger partial charge on any atom is -0.364 e. The van der Waals surface area contributed by atoms with E-state index in [0.717, 1.165) is 22.7 Å². The fraction of sp³-hybridized carbons (Fsp3) is 0.0400. The molecule has 2 aromatic carbocycles. The number of aromatic nitrogens is 4. The maximum absolute atomic E-state index is 13.8. The molecule has 0 amide bonds. The van der Waals surface area contributed by atoms with Crippen molar-refractivity contribution in [1.82, 2.24) is 19.9 Å². The number of nitrogens with one attached hydrogen (secondary N) is 1. The standard InChI is InChI=1S/C25H17F2N5/c26-19-10-18(11-20(27)13-19)16-6-7-22-23(12-16)31-24(17-4-3-8-28-14-17)32-25(22)30-15-21-5-1-2-9-29-21/h1-14H,15H2,(H,30,31,32). The lowest BCUT2D eigenvalue weighted by Gasteiger charge is -2.12. The summed E-state index contributed by atoms with van der Waals surface area (Å²) in [5.41, 5.74) is 3.37. The Morgan fingerprint density at radius 1 is 0.750 bits per heavy atom. The molecule has 32 heavy (non-hydrogen) atoms. The molecule has 0 spiro atoms. The highest BCUT2D eigenvalue weighted by Crippen LogP contribution is 2.30. The average molecular weight is 425 g/mol. The molecule has 0 fully saturated rings. The van der Waals surface area contributed by atoms with E-state index in [2.05, 4.69) is 15.3 Å². The van der Waals surface area contributed by atoms with E-state index < -0.39 is 11.6 Å². The molecule has 5 nitrogen and oxygen atoms in total. The van der Waals surface area contributed by atoms with E-state index in [1.54, 1.807) is 30.7 Å². The van der Waals surface area contributed by atoms with Crippen molar-refractivity contribution in [3.63, 3.8) is 0 Å². The summed E-state index contributed by atoms with van der Waals surface area (Å²) >= 11 is 0. The van der Waals surface area contributed by atoms with Crippen LogP contribution in [0.4, 0.5) is 14.6 Å². The average Bonchev–Trinajstić information content (AvgIpc) is 2.82. The van der Waals surface area contributed by atoms with Crippen LogP contribution in [0.2, 0.25) is 0 Å². The molecule has 0 aliphatic carbocycles. The Kier molecular flexibility index (Phi) is 5.21. The molecule has 0 unspecified atom stereocenters. The second kappa shape index (κ2) is 8.47. The Morgan fingerprint density at radius 3 is 2.38 bits per heavy atom. The van der Waals surface area contributed by atoms with Crippen molar-refractivity contribution in [2.45, 2.75) is 6.54 Å². The van der Waals surface area contributed by atoms with Crippen molar-refractivity contribution >= 4 is 16.7 Å². The van der Waals surface area contributed by atoms with Crippen LogP contribution in [0.3, 0.4) is 0 Å². The molecule has 5 rings (SSSR count). The lowest BCUT2D eigenvalue weighted by atomic mass is 10.0. The van der Waals surface area contributed by atoms with E-state index >= 15 is 0 Å². The molecule has 0 atom stereocenters. The quantitative estimate of drug-likeness (QED) is 0.395. The number of halogens is 2. The van der Waals surface area contributed by atoms with Gasteiger partial charge in [0, 0.05) is 35.6 Å². The summed E-state index contributed by atoms with van der Waals surface area (Å²) in [6, 6.07) is 18.3. The van der Waals surface area contributed by atoms with E-state index in [1.807, 2.05) is 36.4 Å². The zero-order chi connectivity index (χ0) is 21.9. The topological polar surface area (TPSA) is 63.6 Å². The first-order chi connectivity index (χ1) is 15.7. The first-order valence-electron chi connectivity index (χ1n) is 9.98. The number of fused-ring (bicyclic) bond motifs is 1. The van der Waals surface area contributed by atoms with Gasteiger partial charge in [0.15, 0.2) is 5.82 Å². The van der Waals surface area contributed by atoms with Crippen molar-refractivity contribution in [2.24, 2.45) is 0 Å². The van der Waals surface area contributed by atoms with Crippen molar-refractivity contribution in [3.8, 4) is 22.5 Å². The molecule has 1 N–H and O–H groups in total. The van der Waals surface area contributed by atoms with Crippen molar-refractivity contribution < 1.29 is 8.78 Å². The van der Waals surface area contributed by atoms with Gasteiger partial charge in [0.25, 0.3) is 0 Å². The summed E-state index contributed by atoms with van der Waals surface area (Å²) in [5, 5.41) is 4.12. The molecule has 0 bridgehead atoms. The number of hydrogen-bond donors (Lipinski definition) is 1. The molecule has 0 saturated carbocycles. The minimum atomic E-state index is -0.628. The van der Waals surface area contributed by atoms with Gasteiger partial charge < -0.3 is 5.32 Å². The van der Waals surface area contributed by atoms with Crippen LogP contribution in [0.15, 0.2) is 85.3 Å². The molecular weight excluding hydrogens is 408 g/mol. The van der Waals surface area contributed by atoms with Crippen molar-refractivity contribution in [3.05, 3.63) is 103 Å². The zero-order valence-corrected chi connectivity index (χ0v) is 16.8. The Balaban J connectivity index is 1.62. The summed E-state index contributed by atoms with van der Waals surface area (Å²) < 4.78 is 27.5. The molecule has 0 aliphatic heterocycles. The van der Waals surface area contributed by atoms with E-state index in [-0.39, 0.29) is 0 Å². The van der Waals surface area contributed by atoms with Gasteiger partial charge in [-0.3, -0.25) is 9.97 Å². The Hall–Kier alpha value is -4.26. The van der Waals surface area contributed by atoms with Gasteiger partial charge in [0.05, 0.1) is 17.8 Å². The van der Waals surface area contributed by atoms with Gasteiger partial charge in [-0.15, -0.1) is 0 Å². The number of anilines is 1. The summed E-state index contributed by atoms with van der Waals surface area (Å²) in [5.74, 6) is -0.124. The normalized spacial score (nSPS) is 10.9. The maximum Gasteiger partial charge on any atom is 0.163 e. The van der Waals surface area contributed by atoms with E-state index in [0.29, 0.717) is 34.8 Å². The van der Waals surface area contributed by atoms with Gasteiger partial charge in [-0.25, -0.2) is 18.7 Å². The lowest BCUT2D eigenvalue weighted by molar-refractivity contribution is 0.584. The summed E-state index contributed by atoms with van der Waals surface area (Å²) in [6.45, 7) is 0.482. The van der Waals surface area contributed by atoms with Crippen LogP contribution in [-0.2, 0) is 6.54 Å². The van der Waals surface area contributed by atoms with Crippen LogP contribution >= 0.6 is 0 Å². The molecule has 5 aromatic rings. The van der Waals surface area contributed by atoms with Crippen LogP contribution < -0.4 is 5.32 Å². The van der Waals surface area contributed by atoms with Gasteiger partial charge in [-0.05, 0) is 59.7 Å². The first kappa shape index (κ1) is 19.7. The highest BCUT2D eigenvalue weighted by atomic mass is 19.1. The van der Waals surface area contributed by atoms with Crippen LogP contribution in [0.5, 0.6) is 0 Å². The zero-order valence-electron chi connectivity index (χ0n) is 16.8. The molecule has 156 valence electrons. The third-order valence-corrected chi connectivity index (χ3v) is 4.98. The van der Waals surface area contributed by atoms with Gasteiger partial charge in [0.1, 0.15) is 17.5 Å². The second-order valence-corrected chi connectivity index (χ2v) is 7.20. The molecule has 7 heteroatoms. The molecule has 0 aliphatic rings. The van der Waals surface area contributed by atoms with Crippen molar-refractivity contribution in [1.29, 1.82) is 0 Å². The second-order valence-electron chi connectivity index (χ2n) is 7.20. The maximum atomic E-state index is 13.8. The Morgan fingerprint density at radius 2 is 1.62 bits per heavy atom. The van der Waals surface area contributed by atoms with Crippen LogP contribution in [0.1, 0.15) is 5.69 Å². The Labute approximate surface area is 182 Å². The first-order valence-corrected chi connectivity index (χ1v) is 9.98. The molecule has 3 aromatic heterocycles. The molecular formula is C25H17F2N5.